The second-order valence-electron chi connectivity index (χ2n) is 7.40. The maximum absolute atomic E-state index is 12.6. The minimum Gasteiger partial charge on any atom is -0.351 e. The molecule has 1 aromatic heterocycles. The molecule has 0 radical (unpaired) electrons. The summed E-state index contributed by atoms with van der Waals surface area (Å²) in [6, 6.07) is 17.6. The van der Waals surface area contributed by atoms with E-state index in [1.54, 1.807) is 0 Å². The van der Waals surface area contributed by atoms with Crippen LogP contribution in [0, 0.1) is 5.92 Å². The maximum Gasteiger partial charge on any atom is 0.264 e. The first-order chi connectivity index (χ1) is 13.3. The van der Waals surface area contributed by atoms with Gasteiger partial charge in [-0.3, -0.25) is 4.79 Å². The number of amides is 1. The van der Waals surface area contributed by atoms with Gasteiger partial charge in [0.2, 0.25) is 0 Å². The van der Waals surface area contributed by atoms with E-state index in [1.165, 1.54) is 33.8 Å². The van der Waals surface area contributed by atoms with Crippen LogP contribution in [0.5, 0.6) is 0 Å². The van der Waals surface area contributed by atoms with Crippen molar-refractivity contribution >= 4 is 17.4 Å². The fourth-order valence-electron chi connectivity index (χ4n) is 4.88. The lowest BCUT2D eigenvalue weighted by atomic mass is 9.59. The quantitative estimate of drug-likeness (QED) is 0.746. The molecule has 2 aromatic carbocycles. The van der Waals surface area contributed by atoms with E-state index in [4.69, 9.17) is 0 Å². The number of nitrogens with zero attached hydrogens (tertiary/aromatic N) is 2. The van der Waals surface area contributed by atoms with E-state index in [0.717, 1.165) is 18.5 Å². The van der Waals surface area contributed by atoms with Gasteiger partial charge >= 0.3 is 0 Å². The van der Waals surface area contributed by atoms with E-state index in [-0.39, 0.29) is 5.91 Å². The lowest BCUT2D eigenvalue weighted by Gasteiger charge is -2.45. The van der Waals surface area contributed by atoms with Gasteiger partial charge < -0.3 is 5.32 Å². The highest BCUT2D eigenvalue weighted by Crippen LogP contribution is 2.55. The molecule has 136 valence electrons. The Kier molecular flexibility index (Phi) is 4.05. The SMILES string of the molecule is CCc1nnsc1C(=O)NCC1CC2c3ccccc3C1c1ccccc12. The van der Waals surface area contributed by atoms with Gasteiger partial charge in [-0.2, -0.15) is 0 Å². The average Bonchev–Trinajstić information content (AvgIpc) is 3.21. The lowest BCUT2D eigenvalue weighted by Crippen LogP contribution is -2.39. The Balaban J connectivity index is 1.43. The van der Waals surface area contributed by atoms with Crippen LogP contribution in [-0.4, -0.2) is 22.0 Å². The standard InChI is InChI=1S/C22H21N3OS/c1-2-19-21(27-25-24-19)22(26)23-12-13-11-18-14-7-3-5-9-16(14)20(13)17-10-6-4-8-15(17)18/h3-10,13,18,20H,2,11-12H2,1H3,(H,23,26). The van der Waals surface area contributed by atoms with Crippen molar-refractivity contribution in [2.45, 2.75) is 31.6 Å². The minimum absolute atomic E-state index is 0.0372. The number of fused-ring (bicyclic) bond motifs is 1. The summed E-state index contributed by atoms with van der Waals surface area (Å²) >= 11 is 1.19. The van der Waals surface area contributed by atoms with Gasteiger partial charge in [-0.1, -0.05) is 59.9 Å². The molecule has 1 atom stereocenters. The average molecular weight is 375 g/mol. The molecule has 1 amide bonds. The second-order valence-corrected chi connectivity index (χ2v) is 8.15. The third-order valence-corrected chi connectivity index (χ3v) is 6.81. The molecular formula is C22H21N3OS. The summed E-state index contributed by atoms with van der Waals surface area (Å²) in [6.07, 6.45) is 1.81. The first kappa shape index (κ1) is 16.6. The van der Waals surface area contributed by atoms with Gasteiger partial charge in [0.1, 0.15) is 4.88 Å². The van der Waals surface area contributed by atoms with Crippen molar-refractivity contribution in [2.75, 3.05) is 6.54 Å². The van der Waals surface area contributed by atoms with Crippen molar-refractivity contribution in [2.24, 2.45) is 5.92 Å². The van der Waals surface area contributed by atoms with Gasteiger partial charge in [0.25, 0.3) is 5.91 Å². The first-order valence-electron chi connectivity index (χ1n) is 9.55. The monoisotopic (exact) mass is 375 g/mol. The summed E-state index contributed by atoms with van der Waals surface area (Å²) < 4.78 is 3.94. The number of hydrogen-bond donors (Lipinski definition) is 1. The molecule has 6 rings (SSSR count). The fourth-order valence-corrected chi connectivity index (χ4v) is 5.54. The van der Waals surface area contributed by atoms with E-state index in [2.05, 4.69) is 63.4 Å². The molecule has 1 N–H and O–H groups in total. The van der Waals surface area contributed by atoms with Crippen LogP contribution < -0.4 is 5.32 Å². The molecule has 4 nitrogen and oxygen atoms in total. The molecule has 1 unspecified atom stereocenters. The number of rotatable bonds is 4. The molecule has 0 spiro atoms. The molecule has 5 heteroatoms. The van der Waals surface area contributed by atoms with E-state index < -0.39 is 0 Å². The second kappa shape index (κ2) is 6.57. The third kappa shape index (κ3) is 2.60. The van der Waals surface area contributed by atoms with Crippen LogP contribution >= 0.6 is 11.5 Å². The Labute approximate surface area is 162 Å². The molecule has 3 aliphatic rings. The van der Waals surface area contributed by atoms with Crippen LogP contribution in [0.25, 0.3) is 0 Å². The Hall–Kier alpha value is -2.53. The topological polar surface area (TPSA) is 54.9 Å². The minimum atomic E-state index is -0.0372. The van der Waals surface area contributed by atoms with Crippen molar-refractivity contribution < 1.29 is 4.79 Å². The highest BCUT2D eigenvalue weighted by molar-refractivity contribution is 7.08. The molecule has 3 aromatic rings. The number of benzene rings is 2. The Morgan fingerprint density at radius 1 is 1.07 bits per heavy atom. The predicted octanol–water partition coefficient (Wildman–Crippen LogP) is 4.13. The van der Waals surface area contributed by atoms with Crippen LogP contribution in [0.2, 0.25) is 0 Å². The normalized spacial score (nSPS) is 22.2. The van der Waals surface area contributed by atoms with Gasteiger partial charge in [-0.15, -0.1) is 5.10 Å². The number of carbonyl (C=O) groups excluding carboxylic acids is 1. The zero-order valence-corrected chi connectivity index (χ0v) is 16.0. The summed E-state index contributed by atoms with van der Waals surface area (Å²) in [5.74, 6) is 1.16. The van der Waals surface area contributed by atoms with Crippen LogP contribution in [-0.2, 0) is 6.42 Å². The Morgan fingerprint density at radius 3 is 2.33 bits per heavy atom. The van der Waals surface area contributed by atoms with Gasteiger partial charge in [0.15, 0.2) is 0 Å². The third-order valence-electron chi connectivity index (χ3n) is 6.04. The van der Waals surface area contributed by atoms with Crippen molar-refractivity contribution in [3.8, 4) is 0 Å². The number of hydrogen-bond acceptors (Lipinski definition) is 4. The molecule has 1 heterocycles. The van der Waals surface area contributed by atoms with E-state index in [1.807, 2.05) is 6.92 Å². The summed E-state index contributed by atoms with van der Waals surface area (Å²) in [5.41, 5.74) is 6.58. The molecule has 3 aliphatic carbocycles. The number of aromatic nitrogens is 2. The van der Waals surface area contributed by atoms with Crippen LogP contribution in [0.1, 0.15) is 62.8 Å². The largest absolute Gasteiger partial charge is 0.351 e. The number of nitrogens with one attached hydrogen (secondary N) is 1. The molecule has 2 bridgehead atoms. The fraction of sp³-hybridized carbons (Fsp3) is 0.318. The van der Waals surface area contributed by atoms with Gasteiger partial charge in [-0.05, 0) is 52.5 Å². The predicted molar refractivity (Wildman–Crippen MR) is 106 cm³/mol. The van der Waals surface area contributed by atoms with Crippen LogP contribution in [0.4, 0.5) is 0 Å². The van der Waals surface area contributed by atoms with E-state index in [0.29, 0.717) is 29.2 Å². The van der Waals surface area contributed by atoms with Crippen molar-refractivity contribution in [1.82, 2.24) is 14.9 Å². The van der Waals surface area contributed by atoms with Crippen molar-refractivity contribution in [3.63, 3.8) is 0 Å². The van der Waals surface area contributed by atoms with Crippen molar-refractivity contribution in [1.29, 1.82) is 0 Å². The summed E-state index contributed by atoms with van der Waals surface area (Å²) in [5, 5.41) is 7.22. The zero-order valence-electron chi connectivity index (χ0n) is 15.2. The van der Waals surface area contributed by atoms with Gasteiger partial charge in [-0.25, -0.2) is 0 Å². The highest BCUT2D eigenvalue weighted by Gasteiger charge is 2.42. The smallest absolute Gasteiger partial charge is 0.264 e. The molecular weight excluding hydrogens is 354 g/mol. The Morgan fingerprint density at radius 2 is 1.70 bits per heavy atom. The molecule has 27 heavy (non-hydrogen) atoms. The zero-order chi connectivity index (χ0) is 18.4. The highest BCUT2D eigenvalue weighted by atomic mass is 32.1. The van der Waals surface area contributed by atoms with E-state index in [9.17, 15) is 4.79 Å². The molecule has 0 saturated carbocycles. The first-order valence-corrected chi connectivity index (χ1v) is 10.3. The molecule has 0 saturated heterocycles. The van der Waals surface area contributed by atoms with Crippen molar-refractivity contribution in [3.05, 3.63) is 81.4 Å². The summed E-state index contributed by atoms with van der Waals surface area (Å²) in [4.78, 5) is 13.3. The van der Waals surface area contributed by atoms with Crippen LogP contribution in [0.3, 0.4) is 0 Å². The lowest BCUT2D eigenvalue weighted by molar-refractivity contribution is 0.0946. The molecule has 0 fully saturated rings. The van der Waals surface area contributed by atoms with Gasteiger partial charge in [0, 0.05) is 18.4 Å². The number of aryl methyl sites for hydroxylation is 1. The Bertz CT molecular complexity index is 965. The maximum atomic E-state index is 12.6. The van der Waals surface area contributed by atoms with Gasteiger partial charge in [0.05, 0.1) is 5.69 Å². The molecule has 0 aliphatic heterocycles. The van der Waals surface area contributed by atoms with Crippen LogP contribution in [0.15, 0.2) is 48.5 Å². The van der Waals surface area contributed by atoms with E-state index >= 15 is 0 Å². The summed E-state index contributed by atoms with van der Waals surface area (Å²) in [7, 11) is 0. The summed E-state index contributed by atoms with van der Waals surface area (Å²) in [6.45, 7) is 2.69. The number of carbonyl (C=O) groups is 1.